The number of halogens is 3. The lowest BCUT2D eigenvalue weighted by atomic mass is 10.0. The largest absolute Gasteiger partial charge is 0.418 e. The molecule has 1 fully saturated rings. The zero-order valence-electron chi connectivity index (χ0n) is 13.9. The van der Waals surface area contributed by atoms with Gasteiger partial charge in [0.2, 0.25) is 6.41 Å². The standard InChI is InChI=1S/C17H22F3N3O/c1-3-5-15(22-21-11-24)13-7-8-16(14(10-13)17(18,19)20)23-9-4-6-12(23)2/h7-8,10-12H,3-6,9H2,1-2H3,(H,21,24)/b22-15+. The normalized spacial score (nSPS) is 18.8. The second kappa shape index (κ2) is 7.68. The number of amides is 1. The molecule has 0 saturated carbocycles. The van der Waals surface area contributed by atoms with Gasteiger partial charge in [-0.15, -0.1) is 0 Å². The van der Waals surface area contributed by atoms with Crippen LogP contribution in [0, 0.1) is 0 Å². The van der Waals surface area contributed by atoms with Gasteiger partial charge in [-0.2, -0.15) is 18.3 Å². The Labute approximate surface area is 139 Å². The van der Waals surface area contributed by atoms with Crippen molar-refractivity contribution < 1.29 is 18.0 Å². The third-order valence-electron chi connectivity index (χ3n) is 4.24. The molecule has 1 amide bonds. The molecule has 1 atom stereocenters. The fourth-order valence-electron chi connectivity index (χ4n) is 3.09. The topological polar surface area (TPSA) is 44.7 Å². The number of carbonyl (C=O) groups is 1. The number of nitrogens with one attached hydrogen (secondary N) is 1. The molecule has 4 nitrogen and oxygen atoms in total. The van der Waals surface area contributed by atoms with E-state index in [2.05, 4.69) is 10.5 Å². The van der Waals surface area contributed by atoms with Gasteiger partial charge >= 0.3 is 6.18 Å². The van der Waals surface area contributed by atoms with E-state index in [1.54, 1.807) is 6.07 Å². The summed E-state index contributed by atoms with van der Waals surface area (Å²) >= 11 is 0. The number of rotatable bonds is 6. The first-order valence-electron chi connectivity index (χ1n) is 8.12. The van der Waals surface area contributed by atoms with Crippen molar-refractivity contribution in [2.24, 2.45) is 5.10 Å². The Morgan fingerprint density at radius 2 is 2.21 bits per heavy atom. The van der Waals surface area contributed by atoms with Crippen molar-refractivity contribution in [1.29, 1.82) is 0 Å². The molecule has 0 aliphatic carbocycles. The zero-order valence-corrected chi connectivity index (χ0v) is 13.9. The predicted octanol–water partition coefficient (Wildman–Crippen LogP) is 3.94. The number of hydrogen-bond donors (Lipinski definition) is 1. The van der Waals surface area contributed by atoms with Gasteiger partial charge in [-0.1, -0.05) is 19.4 Å². The van der Waals surface area contributed by atoms with Gasteiger partial charge in [0.15, 0.2) is 0 Å². The highest BCUT2D eigenvalue weighted by molar-refractivity contribution is 6.01. The van der Waals surface area contributed by atoms with Crippen molar-refractivity contribution in [3.8, 4) is 0 Å². The summed E-state index contributed by atoms with van der Waals surface area (Å²) in [6.07, 6.45) is -1.05. The van der Waals surface area contributed by atoms with E-state index >= 15 is 0 Å². The van der Waals surface area contributed by atoms with E-state index in [4.69, 9.17) is 0 Å². The minimum atomic E-state index is -4.44. The van der Waals surface area contributed by atoms with Crippen molar-refractivity contribution in [2.75, 3.05) is 11.4 Å². The van der Waals surface area contributed by atoms with Crippen molar-refractivity contribution in [2.45, 2.75) is 51.7 Å². The first-order valence-corrected chi connectivity index (χ1v) is 8.12. The summed E-state index contributed by atoms with van der Waals surface area (Å²) in [6, 6.07) is 4.40. The number of nitrogens with zero attached hydrogens (tertiary/aromatic N) is 2. The van der Waals surface area contributed by atoms with Gasteiger partial charge in [-0.25, -0.2) is 5.43 Å². The maximum absolute atomic E-state index is 13.6. The fourth-order valence-corrected chi connectivity index (χ4v) is 3.09. The van der Waals surface area contributed by atoms with E-state index < -0.39 is 11.7 Å². The van der Waals surface area contributed by atoms with Crippen LogP contribution in [0.5, 0.6) is 0 Å². The van der Waals surface area contributed by atoms with Gasteiger partial charge in [0.05, 0.1) is 11.3 Å². The molecule has 1 aliphatic heterocycles. The molecule has 1 heterocycles. The predicted molar refractivity (Wildman–Crippen MR) is 88.1 cm³/mol. The van der Waals surface area contributed by atoms with Gasteiger partial charge in [0, 0.05) is 18.3 Å². The van der Waals surface area contributed by atoms with E-state index in [0.29, 0.717) is 37.1 Å². The van der Waals surface area contributed by atoms with Crippen LogP contribution in [0.25, 0.3) is 0 Å². The summed E-state index contributed by atoms with van der Waals surface area (Å²) < 4.78 is 40.7. The van der Waals surface area contributed by atoms with Gasteiger partial charge < -0.3 is 4.90 Å². The van der Waals surface area contributed by atoms with E-state index in [1.807, 2.05) is 18.7 Å². The average Bonchev–Trinajstić information content (AvgIpc) is 2.96. The summed E-state index contributed by atoms with van der Waals surface area (Å²) in [4.78, 5) is 12.2. The quantitative estimate of drug-likeness (QED) is 0.484. The molecule has 1 aliphatic rings. The van der Waals surface area contributed by atoms with Crippen LogP contribution in [0.15, 0.2) is 23.3 Å². The van der Waals surface area contributed by atoms with Gasteiger partial charge in [0.25, 0.3) is 0 Å². The Morgan fingerprint density at radius 3 is 2.75 bits per heavy atom. The molecule has 0 bridgehead atoms. The monoisotopic (exact) mass is 341 g/mol. The molecule has 24 heavy (non-hydrogen) atoms. The number of benzene rings is 1. The smallest absolute Gasteiger partial charge is 0.368 e. The number of anilines is 1. The highest BCUT2D eigenvalue weighted by atomic mass is 19.4. The highest BCUT2D eigenvalue weighted by Gasteiger charge is 2.37. The minimum absolute atomic E-state index is 0.0949. The highest BCUT2D eigenvalue weighted by Crippen LogP contribution is 2.39. The Kier molecular flexibility index (Phi) is 5.85. The molecule has 0 radical (unpaired) electrons. The molecule has 132 valence electrons. The van der Waals surface area contributed by atoms with Crippen LogP contribution in [0.4, 0.5) is 18.9 Å². The first-order chi connectivity index (χ1) is 11.4. The summed E-state index contributed by atoms with van der Waals surface area (Å²) in [5.74, 6) is 0. The second-order valence-corrected chi connectivity index (χ2v) is 5.97. The maximum Gasteiger partial charge on any atom is 0.418 e. The van der Waals surface area contributed by atoms with Crippen LogP contribution < -0.4 is 10.3 Å². The van der Waals surface area contributed by atoms with Crippen LogP contribution in [-0.4, -0.2) is 24.7 Å². The van der Waals surface area contributed by atoms with Crippen molar-refractivity contribution in [1.82, 2.24) is 5.43 Å². The molecular formula is C17H22F3N3O. The van der Waals surface area contributed by atoms with E-state index in [-0.39, 0.29) is 11.7 Å². The van der Waals surface area contributed by atoms with Crippen molar-refractivity contribution >= 4 is 17.8 Å². The second-order valence-electron chi connectivity index (χ2n) is 5.97. The Balaban J connectivity index is 2.47. The molecule has 1 N–H and O–H groups in total. The van der Waals surface area contributed by atoms with E-state index in [0.717, 1.165) is 18.9 Å². The number of carbonyl (C=O) groups excluding carboxylic acids is 1. The van der Waals surface area contributed by atoms with E-state index in [1.165, 1.54) is 6.07 Å². The van der Waals surface area contributed by atoms with Crippen LogP contribution in [0.3, 0.4) is 0 Å². The molecular weight excluding hydrogens is 319 g/mol. The molecule has 1 aromatic rings. The molecule has 1 aromatic carbocycles. The fraction of sp³-hybridized carbons (Fsp3) is 0.529. The lowest BCUT2D eigenvalue weighted by Gasteiger charge is -2.27. The summed E-state index contributed by atoms with van der Waals surface area (Å²) in [7, 11) is 0. The summed E-state index contributed by atoms with van der Waals surface area (Å²) in [5.41, 5.74) is 2.58. The summed E-state index contributed by atoms with van der Waals surface area (Å²) in [6.45, 7) is 4.48. The van der Waals surface area contributed by atoms with Gasteiger partial charge in [0.1, 0.15) is 0 Å². The molecule has 7 heteroatoms. The van der Waals surface area contributed by atoms with Crippen LogP contribution in [0.1, 0.15) is 50.7 Å². The maximum atomic E-state index is 13.6. The van der Waals surface area contributed by atoms with E-state index in [9.17, 15) is 18.0 Å². The average molecular weight is 341 g/mol. The summed E-state index contributed by atoms with van der Waals surface area (Å²) in [5, 5.41) is 3.89. The van der Waals surface area contributed by atoms with Crippen LogP contribution >= 0.6 is 0 Å². The zero-order chi connectivity index (χ0) is 17.7. The third-order valence-corrected chi connectivity index (χ3v) is 4.24. The Hall–Kier alpha value is -2.05. The lowest BCUT2D eigenvalue weighted by molar-refractivity contribution is -0.137. The van der Waals surface area contributed by atoms with Crippen LogP contribution in [0.2, 0.25) is 0 Å². The Bertz CT molecular complexity index is 614. The Morgan fingerprint density at radius 1 is 1.46 bits per heavy atom. The third kappa shape index (κ3) is 4.07. The first kappa shape index (κ1) is 18.3. The van der Waals surface area contributed by atoms with Crippen molar-refractivity contribution in [3.05, 3.63) is 29.3 Å². The number of hydrazone groups is 1. The van der Waals surface area contributed by atoms with Gasteiger partial charge in [-0.05, 0) is 43.9 Å². The molecule has 0 aromatic heterocycles. The number of alkyl halides is 3. The van der Waals surface area contributed by atoms with Crippen LogP contribution in [-0.2, 0) is 11.0 Å². The lowest BCUT2D eigenvalue weighted by Crippen LogP contribution is -2.29. The number of hydrogen-bond acceptors (Lipinski definition) is 3. The molecule has 1 unspecified atom stereocenters. The minimum Gasteiger partial charge on any atom is -0.368 e. The van der Waals surface area contributed by atoms with Crippen molar-refractivity contribution in [3.63, 3.8) is 0 Å². The molecule has 1 saturated heterocycles. The van der Waals surface area contributed by atoms with Gasteiger partial charge in [-0.3, -0.25) is 4.79 Å². The SMILES string of the molecule is CCC/C(=N\NC=O)c1ccc(N2CCCC2C)c(C(F)(F)F)c1. The molecule has 2 rings (SSSR count). The molecule has 0 spiro atoms.